The van der Waals surface area contributed by atoms with Crippen molar-refractivity contribution in [2.75, 3.05) is 12.4 Å². The molecular weight excluding hydrogens is 298 g/mol. The number of carbonyl (C=O) groups excluding carboxylic acids is 1. The van der Waals surface area contributed by atoms with Gasteiger partial charge in [-0.2, -0.15) is 0 Å². The molecule has 1 aromatic carbocycles. The number of nitrogens with zero attached hydrogens (tertiary/aromatic N) is 2. The molecule has 6 heteroatoms. The lowest BCUT2D eigenvalue weighted by molar-refractivity contribution is 0.102. The summed E-state index contributed by atoms with van der Waals surface area (Å²) < 4.78 is 6.02. The Morgan fingerprint density at radius 2 is 2.06 bits per heavy atom. The van der Waals surface area contributed by atoms with E-state index in [2.05, 4.69) is 31.2 Å². The number of aromatic nitrogens is 2. The summed E-state index contributed by atoms with van der Waals surface area (Å²) in [5.74, 6) is 0.301. The number of hydrogen-bond donors (Lipinski definition) is 1. The third kappa shape index (κ3) is 2.84. The van der Waals surface area contributed by atoms with Crippen molar-refractivity contribution in [2.45, 2.75) is 0 Å². The van der Waals surface area contributed by atoms with Crippen LogP contribution in [0.15, 0.2) is 41.4 Å². The molecule has 0 saturated heterocycles. The number of nitrogens with one attached hydrogen (secondary N) is 1. The molecule has 1 aromatic heterocycles. The van der Waals surface area contributed by atoms with Crippen LogP contribution < -0.4 is 10.1 Å². The first-order valence-electron chi connectivity index (χ1n) is 5.10. The fourth-order valence-corrected chi connectivity index (χ4v) is 1.75. The number of rotatable bonds is 3. The van der Waals surface area contributed by atoms with Crippen LogP contribution in [-0.4, -0.2) is 23.0 Å². The summed E-state index contributed by atoms with van der Waals surface area (Å²) in [6, 6.07) is 5.36. The molecule has 0 spiro atoms. The van der Waals surface area contributed by atoms with E-state index >= 15 is 0 Å². The number of halogens is 1. The number of benzene rings is 1. The van der Waals surface area contributed by atoms with Crippen molar-refractivity contribution in [3.63, 3.8) is 0 Å². The minimum atomic E-state index is -0.285. The summed E-state index contributed by atoms with van der Waals surface area (Å²) in [4.78, 5) is 19.5. The topological polar surface area (TPSA) is 64.1 Å². The molecule has 0 aliphatic rings. The van der Waals surface area contributed by atoms with E-state index in [0.717, 1.165) is 4.47 Å². The van der Waals surface area contributed by atoms with Gasteiger partial charge in [0, 0.05) is 16.9 Å². The molecule has 0 radical (unpaired) electrons. The van der Waals surface area contributed by atoms with Gasteiger partial charge in [-0.25, -0.2) is 9.97 Å². The first-order valence-corrected chi connectivity index (χ1v) is 5.90. The van der Waals surface area contributed by atoms with E-state index < -0.39 is 0 Å². The third-order valence-electron chi connectivity index (χ3n) is 2.23. The predicted octanol–water partition coefficient (Wildman–Crippen LogP) is 2.50. The Labute approximate surface area is 112 Å². The minimum absolute atomic E-state index is 0.285. The fraction of sp³-hybridized carbons (Fsp3) is 0.0833. The number of methoxy groups -OCH3 is 1. The quantitative estimate of drug-likeness (QED) is 0.946. The van der Waals surface area contributed by atoms with Gasteiger partial charge in [0.1, 0.15) is 12.1 Å². The summed E-state index contributed by atoms with van der Waals surface area (Å²) in [6.45, 7) is 0. The fourth-order valence-electron chi connectivity index (χ4n) is 1.39. The van der Waals surface area contributed by atoms with Gasteiger partial charge < -0.3 is 10.1 Å². The van der Waals surface area contributed by atoms with Gasteiger partial charge in [-0.05, 0) is 18.2 Å². The standard InChI is InChI=1S/C12H10BrN3O2/c1-18-11-3-2-9(13)4-10(11)16-12(17)8-5-14-7-15-6-8/h2-7H,1H3,(H,16,17). The highest BCUT2D eigenvalue weighted by Crippen LogP contribution is 2.28. The van der Waals surface area contributed by atoms with E-state index in [0.29, 0.717) is 17.0 Å². The van der Waals surface area contributed by atoms with Crippen LogP contribution >= 0.6 is 15.9 Å². The van der Waals surface area contributed by atoms with Crippen molar-refractivity contribution < 1.29 is 9.53 Å². The Morgan fingerprint density at radius 1 is 1.33 bits per heavy atom. The van der Waals surface area contributed by atoms with Crippen LogP contribution in [0, 0.1) is 0 Å². The highest BCUT2D eigenvalue weighted by molar-refractivity contribution is 9.10. The lowest BCUT2D eigenvalue weighted by Gasteiger charge is -2.10. The van der Waals surface area contributed by atoms with E-state index in [1.165, 1.54) is 18.7 Å². The zero-order valence-electron chi connectivity index (χ0n) is 9.55. The Hall–Kier alpha value is -1.95. The van der Waals surface area contributed by atoms with Crippen molar-refractivity contribution >= 4 is 27.5 Å². The second-order valence-corrected chi connectivity index (χ2v) is 4.34. The molecule has 0 saturated carbocycles. The molecule has 1 N–H and O–H groups in total. The molecule has 1 heterocycles. The van der Waals surface area contributed by atoms with Crippen molar-refractivity contribution in [2.24, 2.45) is 0 Å². The SMILES string of the molecule is COc1ccc(Br)cc1NC(=O)c1cncnc1. The third-order valence-corrected chi connectivity index (χ3v) is 2.73. The van der Waals surface area contributed by atoms with E-state index in [1.54, 1.807) is 19.2 Å². The molecule has 2 rings (SSSR count). The van der Waals surface area contributed by atoms with Crippen molar-refractivity contribution in [3.05, 3.63) is 47.0 Å². The molecule has 0 atom stereocenters. The molecule has 1 amide bonds. The molecule has 0 bridgehead atoms. The first-order chi connectivity index (χ1) is 8.70. The molecule has 0 aliphatic heterocycles. The monoisotopic (exact) mass is 307 g/mol. The molecule has 5 nitrogen and oxygen atoms in total. The minimum Gasteiger partial charge on any atom is -0.495 e. The highest BCUT2D eigenvalue weighted by atomic mass is 79.9. The van der Waals surface area contributed by atoms with Crippen LogP contribution in [0.4, 0.5) is 5.69 Å². The van der Waals surface area contributed by atoms with Crippen LogP contribution in [0.5, 0.6) is 5.75 Å². The smallest absolute Gasteiger partial charge is 0.258 e. The van der Waals surface area contributed by atoms with Crippen molar-refractivity contribution in [1.29, 1.82) is 0 Å². The summed E-state index contributed by atoms with van der Waals surface area (Å²) >= 11 is 3.34. The molecule has 92 valence electrons. The van der Waals surface area contributed by atoms with E-state index in [9.17, 15) is 4.79 Å². The van der Waals surface area contributed by atoms with Gasteiger partial charge in [-0.15, -0.1) is 0 Å². The van der Waals surface area contributed by atoms with Gasteiger partial charge in [0.25, 0.3) is 5.91 Å². The van der Waals surface area contributed by atoms with Crippen LogP contribution in [0.1, 0.15) is 10.4 Å². The average Bonchev–Trinajstić information content (AvgIpc) is 2.40. The number of ether oxygens (including phenoxy) is 1. The van der Waals surface area contributed by atoms with Gasteiger partial charge in [0.15, 0.2) is 0 Å². The van der Waals surface area contributed by atoms with E-state index in [4.69, 9.17) is 4.74 Å². The van der Waals surface area contributed by atoms with E-state index in [-0.39, 0.29) is 5.91 Å². The Morgan fingerprint density at radius 3 is 2.72 bits per heavy atom. The number of amides is 1. The highest BCUT2D eigenvalue weighted by Gasteiger charge is 2.10. The predicted molar refractivity (Wildman–Crippen MR) is 70.7 cm³/mol. The maximum atomic E-state index is 11.9. The van der Waals surface area contributed by atoms with Gasteiger partial charge in [0.2, 0.25) is 0 Å². The largest absolute Gasteiger partial charge is 0.495 e. The van der Waals surface area contributed by atoms with Crippen LogP contribution in [0.2, 0.25) is 0 Å². The maximum Gasteiger partial charge on any atom is 0.258 e. The van der Waals surface area contributed by atoms with Crippen LogP contribution in [-0.2, 0) is 0 Å². The second kappa shape index (κ2) is 5.59. The molecule has 0 fully saturated rings. The summed E-state index contributed by atoms with van der Waals surface area (Å²) in [5, 5.41) is 2.74. The van der Waals surface area contributed by atoms with Crippen molar-refractivity contribution in [1.82, 2.24) is 9.97 Å². The molecule has 2 aromatic rings. The van der Waals surface area contributed by atoms with Crippen LogP contribution in [0.25, 0.3) is 0 Å². The Bertz CT molecular complexity index is 561. The summed E-state index contributed by atoms with van der Waals surface area (Å²) in [7, 11) is 1.55. The number of hydrogen-bond acceptors (Lipinski definition) is 4. The molecular formula is C12H10BrN3O2. The Balaban J connectivity index is 2.24. The number of carbonyl (C=O) groups is 1. The second-order valence-electron chi connectivity index (χ2n) is 3.43. The lowest BCUT2D eigenvalue weighted by atomic mass is 10.2. The maximum absolute atomic E-state index is 11.9. The average molecular weight is 308 g/mol. The molecule has 0 aliphatic carbocycles. The first kappa shape index (κ1) is 12.5. The zero-order valence-corrected chi connectivity index (χ0v) is 11.1. The van der Waals surface area contributed by atoms with Gasteiger partial charge in [-0.3, -0.25) is 4.79 Å². The Kier molecular flexibility index (Phi) is 3.88. The van der Waals surface area contributed by atoms with E-state index in [1.807, 2.05) is 6.07 Å². The van der Waals surface area contributed by atoms with Gasteiger partial charge >= 0.3 is 0 Å². The zero-order chi connectivity index (χ0) is 13.0. The van der Waals surface area contributed by atoms with Gasteiger partial charge in [-0.1, -0.05) is 15.9 Å². The van der Waals surface area contributed by atoms with Gasteiger partial charge in [0.05, 0.1) is 18.4 Å². The lowest BCUT2D eigenvalue weighted by Crippen LogP contribution is -2.13. The molecule has 18 heavy (non-hydrogen) atoms. The van der Waals surface area contributed by atoms with Crippen LogP contribution in [0.3, 0.4) is 0 Å². The summed E-state index contributed by atoms with van der Waals surface area (Å²) in [5.41, 5.74) is 0.972. The normalized spacial score (nSPS) is 9.89. The number of anilines is 1. The van der Waals surface area contributed by atoms with Crippen molar-refractivity contribution in [3.8, 4) is 5.75 Å². The molecule has 0 unspecified atom stereocenters. The summed E-state index contributed by atoms with van der Waals surface area (Å²) in [6.07, 6.45) is 4.27.